The highest BCUT2D eigenvalue weighted by Gasteiger charge is 2.31. The molecule has 2 atom stereocenters. The zero-order valence-corrected chi connectivity index (χ0v) is 27.3. The van der Waals surface area contributed by atoms with E-state index in [4.69, 9.17) is 14.2 Å². The van der Waals surface area contributed by atoms with Gasteiger partial charge >= 0.3 is 5.97 Å². The highest BCUT2D eigenvalue weighted by Crippen LogP contribution is 2.43. The van der Waals surface area contributed by atoms with Gasteiger partial charge in [-0.3, -0.25) is 9.59 Å². The zero-order chi connectivity index (χ0) is 31.9. The van der Waals surface area contributed by atoms with Crippen LogP contribution in [0.15, 0.2) is 77.7 Å². The van der Waals surface area contributed by atoms with Crippen molar-refractivity contribution in [2.45, 2.75) is 48.7 Å². The van der Waals surface area contributed by atoms with Crippen LogP contribution in [0, 0.1) is 0 Å². The van der Waals surface area contributed by atoms with Crippen LogP contribution in [-0.2, 0) is 22.4 Å². The second-order valence-corrected chi connectivity index (χ2v) is 13.0. The van der Waals surface area contributed by atoms with Crippen LogP contribution in [0.25, 0.3) is 0 Å². The summed E-state index contributed by atoms with van der Waals surface area (Å²) in [6.45, 7) is 1.95. The molecule has 1 aromatic heterocycles. The van der Waals surface area contributed by atoms with E-state index in [9.17, 15) is 14.4 Å². The molecule has 3 aromatic carbocycles. The molecule has 234 valence electrons. The molecule has 1 heterocycles. The van der Waals surface area contributed by atoms with Crippen LogP contribution >= 0.6 is 23.1 Å². The number of carbonyl (C=O) groups excluding carboxylic acids is 3. The normalized spacial score (nSPS) is 14.5. The second-order valence-electron chi connectivity index (χ2n) is 10.6. The van der Waals surface area contributed by atoms with Crippen molar-refractivity contribution in [3.63, 3.8) is 0 Å². The van der Waals surface area contributed by atoms with Gasteiger partial charge in [0.1, 0.15) is 5.00 Å². The van der Waals surface area contributed by atoms with Crippen LogP contribution in [-0.4, -0.2) is 44.4 Å². The van der Waals surface area contributed by atoms with Crippen molar-refractivity contribution in [1.82, 2.24) is 0 Å². The average Bonchev–Trinajstić information content (AvgIpc) is 3.43. The Hall–Kier alpha value is -4.28. The van der Waals surface area contributed by atoms with Gasteiger partial charge in [-0.05, 0) is 79.1 Å². The van der Waals surface area contributed by atoms with E-state index in [1.807, 2.05) is 31.2 Å². The quantitative estimate of drug-likeness (QED) is 0.128. The van der Waals surface area contributed by atoms with Crippen molar-refractivity contribution >= 4 is 51.6 Å². The first-order valence-electron chi connectivity index (χ1n) is 14.7. The molecule has 0 bridgehead atoms. The number of anilines is 2. The highest BCUT2D eigenvalue weighted by molar-refractivity contribution is 8.00. The lowest BCUT2D eigenvalue weighted by Crippen LogP contribution is -2.25. The number of amides is 2. The predicted molar refractivity (Wildman–Crippen MR) is 179 cm³/mol. The van der Waals surface area contributed by atoms with E-state index >= 15 is 0 Å². The Bertz CT molecular complexity index is 1690. The number of thiophene rings is 1. The Balaban J connectivity index is 1.29. The molecule has 1 aliphatic rings. The lowest BCUT2D eigenvalue weighted by molar-refractivity contribution is -0.115. The van der Waals surface area contributed by atoms with Gasteiger partial charge in [0.25, 0.3) is 5.91 Å². The molecule has 4 aromatic rings. The Morgan fingerprint density at radius 1 is 0.933 bits per heavy atom. The summed E-state index contributed by atoms with van der Waals surface area (Å²) in [4.78, 5) is 41.4. The van der Waals surface area contributed by atoms with Gasteiger partial charge < -0.3 is 24.8 Å². The SMILES string of the molecule is CCC(Sc1cccc(NC(=O)c2ccc(OC)c(OC)c2)c1)C(=O)Nc1sc2c(c1C(=O)OC)CCC(c1ccccc1)C2. The van der Waals surface area contributed by atoms with Gasteiger partial charge in [-0.1, -0.05) is 43.3 Å². The molecule has 2 amide bonds. The highest BCUT2D eigenvalue weighted by atomic mass is 32.2. The first-order chi connectivity index (χ1) is 21.8. The summed E-state index contributed by atoms with van der Waals surface area (Å²) in [6, 6.07) is 22.8. The number of ether oxygens (including phenoxy) is 3. The van der Waals surface area contributed by atoms with Crippen molar-refractivity contribution < 1.29 is 28.6 Å². The summed E-state index contributed by atoms with van der Waals surface area (Å²) in [7, 11) is 4.43. The number of nitrogens with one attached hydrogen (secondary N) is 2. The van der Waals surface area contributed by atoms with E-state index in [-0.39, 0.29) is 11.8 Å². The van der Waals surface area contributed by atoms with E-state index in [2.05, 4.69) is 34.9 Å². The summed E-state index contributed by atoms with van der Waals surface area (Å²) >= 11 is 2.88. The molecule has 0 aliphatic heterocycles. The number of hydrogen-bond acceptors (Lipinski definition) is 8. The van der Waals surface area contributed by atoms with Gasteiger partial charge in [0.15, 0.2) is 11.5 Å². The number of hydrogen-bond donors (Lipinski definition) is 2. The summed E-state index contributed by atoms with van der Waals surface area (Å²) < 4.78 is 15.7. The van der Waals surface area contributed by atoms with Crippen molar-refractivity contribution in [2.75, 3.05) is 32.0 Å². The molecule has 0 saturated carbocycles. The molecule has 0 spiro atoms. The number of thioether (sulfide) groups is 1. The van der Waals surface area contributed by atoms with Crippen LogP contribution in [0.5, 0.6) is 11.5 Å². The molecule has 1 aliphatic carbocycles. The van der Waals surface area contributed by atoms with E-state index in [1.165, 1.54) is 50.0 Å². The molecule has 5 rings (SSSR count). The topological polar surface area (TPSA) is 103 Å². The fourth-order valence-electron chi connectivity index (χ4n) is 5.51. The first kappa shape index (κ1) is 32.1. The van der Waals surface area contributed by atoms with Crippen molar-refractivity contribution in [3.05, 3.63) is 99.9 Å². The largest absolute Gasteiger partial charge is 0.493 e. The third-order valence-electron chi connectivity index (χ3n) is 7.84. The Morgan fingerprint density at radius 2 is 1.71 bits per heavy atom. The van der Waals surface area contributed by atoms with Gasteiger partial charge in [-0.2, -0.15) is 0 Å². The summed E-state index contributed by atoms with van der Waals surface area (Å²) in [5, 5.41) is 6.10. The second kappa shape index (κ2) is 14.7. The maximum absolute atomic E-state index is 13.6. The number of rotatable bonds is 11. The van der Waals surface area contributed by atoms with E-state index in [0.717, 1.165) is 34.6 Å². The van der Waals surface area contributed by atoms with Crippen LogP contribution < -0.4 is 20.1 Å². The molecule has 0 saturated heterocycles. The number of benzene rings is 3. The molecule has 2 N–H and O–H groups in total. The maximum atomic E-state index is 13.6. The molecule has 2 unspecified atom stereocenters. The Morgan fingerprint density at radius 3 is 2.42 bits per heavy atom. The molecule has 8 nitrogen and oxygen atoms in total. The van der Waals surface area contributed by atoms with Crippen molar-refractivity contribution in [3.8, 4) is 11.5 Å². The van der Waals surface area contributed by atoms with Crippen LogP contribution in [0.3, 0.4) is 0 Å². The minimum Gasteiger partial charge on any atom is -0.493 e. The standard InChI is InChI=1S/C35H36N2O6S2/c1-5-29(44-25-13-9-12-24(20-25)36-32(38)23-15-17-27(41-2)28(18-23)42-3)33(39)37-34-31(35(40)43-4)26-16-14-22(19-30(26)45-34)21-10-7-6-8-11-21/h6-13,15,17-18,20,22,29H,5,14,16,19H2,1-4H3,(H,36,38)(H,37,39). The van der Waals surface area contributed by atoms with Gasteiger partial charge in [0, 0.05) is 21.0 Å². The van der Waals surface area contributed by atoms with E-state index in [1.54, 1.807) is 24.3 Å². The minimum atomic E-state index is -0.431. The van der Waals surface area contributed by atoms with Gasteiger partial charge in [0.2, 0.25) is 5.91 Å². The summed E-state index contributed by atoms with van der Waals surface area (Å²) in [5.74, 6) is 0.447. The van der Waals surface area contributed by atoms with Gasteiger partial charge in [-0.25, -0.2) is 4.79 Å². The average molecular weight is 645 g/mol. The lowest BCUT2D eigenvalue weighted by atomic mass is 9.83. The summed E-state index contributed by atoms with van der Waals surface area (Å²) in [6.07, 6.45) is 3.06. The van der Waals surface area contributed by atoms with E-state index in [0.29, 0.717) is 45.7 Å². The monoisotopic (exact) mass is 644 g/mol. The Labute approximate surface area is 271 Å². The maximum Gasteiger partial charge on any atom is 0.341 e. The predicted octanol–water partition coefficient (Wildman–Crippen LogP) is 7.59. The Kier molecular flexibility index (Phi) is 10.5. The molecule has 10 heteroatoms. The molecular weight excluding hydrogens is 609 g/mol. The minimum absolute atomic E-state index is 0.189. The molecule has 0 radical (unpaired) electrons. The van der Waals surface area contributed by atoms with Crippen molar-refractivity contribution in [2.24, 2.45) is 0 Å². The van der Waals surface area contributed by atoms with E-state index < -0.39 is 11.2 Å². The summed E-state index contributed by atoms with van der Waals surface area (Å²) in [5.41, 5.74) is 3.75. The molecule has 45 heavy (non-hydrogen) atoms. The number of carbonyl (C=O) groups is 3. The van der Waals surface area contributed by atoms with Gasteiger partial charge in [-0.15, -0.1) is 23.1 Å². The first-order valence-corrected chi connectivity index (χ1v) is 16.4. The fourth-order valence-corrected chi connectivity index (χ4v) is 7.84. The molecule has 0 fully saturated rings. The van der Waals surface area contributed by atoms with Crippen LogP contribution in [0.1, 0.15) is 62.4 Å². The molecular formula is C35H36N2O6S2. The number of esters is 1. The third kappa shape index (κ3) is 7.34. The fraction of sp³-hybridized carbons (Fsp3) is 0.286. The van der Waals surface area contributed by atoms with Gasteiger partial charge in [0.05, 0.1) is 32.1 Å². The zero-order valence-electron chi connectivity index (χ0n) is 25.7. The van der Waals surface area contributed by atoms with Crippen LogP contribution in [0.2, 0.25) is 0 Å². The lowest BCUT2D eigenvalue weighted by Gasteiger charge is -2.22. The number of fused-ring (bicyclic) bond motifs is 1. The van der Waals surface area contributed by atoms with Crippen LogP contribution in [0.4, 0.5) is 10.7 Å². The third-order valence-corrected chi connectivity index (χ3v) is 10.4. The number of methoxy groups -OCH3 is 3. The van der Waals surface area contributed by atoms with Crippen molar-refractivity contribution in [1.29, 1.82) is 0 Å². The smallest absolute Gasteiger partial charge is 0.341 e.